The molecule has 1 saturated heterocycles. The van der Waals surface area contributed by atoms with Gasteiger partial charge in [-0.3, -0.25) is 4.79 Å². The van der Waals surface area contributed by atoms with E-state index < -0.39 is 5.82 Å². The Morgan fingerprint density at radius 1 is 1.09 bits per heavy atom. The Labute approximate surface area is 207 Å². The van der Waals surface area contributed by atoms with Crippen LogP contribution in [0.3, 0.4) is 0 Å². The number of carbonyl (C=O) groups excluding carboxylic acids is 2. The van der Waals surface area contributed by atoms with Crippen molar-refractivity contribution in [3.8, 4) is 0 Å². The molecule has 3 amide bonds. The van der Waals surface area contributed by atoms with Crippen LogP contribution in [0, 0.1) is 12.7 Å². The van der Waals surface area contributed by atoms with Crippen LogP contribution < -0.4 is 5.32 Å². The number of para-hydroxylation sites is 1. The monoisotopic (exact) mass is 490 g/mol. The summed E-state index contributed by atoms with van der Waals surface area (Å²) in [6.45, 7) is 5.81. The first-order valence-corrected chi connectivity index (χ1v) is 12.5. The van der Waals surface area contributed by atoms with E-state index in [1.54, 1.807) is 28.4 Å². The summed E-state index contributed by atoms with van der Waals surface area (Å²) >= 11 is 1.63. The Bertz CT molecular complexity index is 1390. The summed E-state index contributed by atoms with van der Waals surface area (Å²) in [6.07, 6.45) is 0. The molecule has 0 spiro atoms. The Hall–Kier alpha value is -3.65. The fraction of sp³-hybridized carbons (Fsp3) is 0.259. The maximum Gasteiger partial charge on any atom is 0.322 e. The number of piperazine rings is 1. The third kappa shape index (κ3) is 4.53. The SMILES string of the molecule is Cc1ccccc1Cn1c(C(=O)N2CCN(C(=O)Nc3ccccc3F)C(C)C2)cc2ccsc21. The van der Waals surface area contributed by atoms with Gasteiger partial charge in [0.25, 0.3) is 5.91 Å². The Morgan fingerprint density at radius 2 is 1.86 bits per heavy atom. The molecule has 6 nitrogen and oxygen atoms in total. The lowest BCUT2D eigenvalue weighted by Gasteiger charge is -2.39. The molecule has 1 unspecified atom stereocenters. The number of anilines is 1. The quantitative estimate of drug-likeness (QED) is 0.406. The number of urea groups is 1. The highest BCUT2D eigenvalue weighted by Crippen LogP contribution is 2.28. The van der Waals surface area contributed by atoms with Crippen molar-refractivity contribution in [1.29, 1.82) is 0 Å². The second-order valence-corrected chi connectivity index (χ2v) is 9.82. The smallest absolute Gasteiger partial charge is 0.322 e. The standard InChI is InChI=1S/C27H27FN4O2S/c1-18-7-3-4-8-21(18)17-32-24(15-20-11-14-35-26(20)32)25(33)30-12-13-31(19(2)16-30)27(34)29-23-10-6-5-9-22(23)28/h3-11,14-15,19H,12-13,16-17H2,1-2H3,(H,29,34). The predicted molar refractivity (Wildman–Crippen MR) is 138 cm³/mol. The van der Waals surface area contributed by atoms with Crippen LogP contribution in [0.2, 0.25) is 0 Å². The van der Waals surface area contributed by atoms with E-state index >= 15 is 0 Å². The van der Waals surface area contributed by atoms with Crippen molar-refractivity contribution in [3.63, 3.8) is 0 Å². The number of aromatic nitrogens is 1. The number of nitrogens with one attached hydrogen (secondary N) is 1. The van der Waals surface area contributed by atoms with Crippen molar-refractivity contribution < 1.29 is 14.0 Å². The van der Waals surface area contributed by atoms with Gasteiger partial charge in [-0.1, -0.05) is 36.4 Å². The summed E-state index contributed by atoms with van der Waals surface area (Å²) < 4.78 is 16.1. The van der Waals surface area contributed by atoms with Crippen LogP contribution in [0.5, 0.6) is 0 Å². The molecule has 180 valence electrons. The number of hydrogen-bond acceptors (Lipinski definition) is 3. The Balaban J connectivity index is 1.33. The van der Waals surface area contributed by atoms with E-state index in [0.29, 0.717) is 31.9 Å². The summed E-state index contributed by atoms with van der Waals surface area (Å²) in [5.41, 5.74) is 3.17. The van der Waals surface area contributed by atoms with Crippen molar-refractivity contribution in [2.75, 3.05) is 25.0 Å². The van der Waals surface area contributed by atoms with Crippen LogP contribution in [0.4, 0.5) is 14.9 Å². The molecule has 0 bridgehead atoms. The molecular formula is C27H27FN4O2S. The third-order valence-corrected chi connectivity index (χ3v) is 7.55. The first-order valence-electron chi connectivity index (χ1n) is 11.6. The highest BCUT2D eigenvalue weighted by atomic mass is 32.1. The Kier molecular flexibility index (Phi) is 6.30. The normalized spacial score (nSPS) is 16.0. The number of aryl methyl sites for hydroxylation is 1. The first-order chi connectivity index (χ1) is 16.9. The first kappa shape index (κ1) is 23.1. The lowest BCUT2D eigenvalue weighted by Crippen LogP contribution is -2.56. The molecule has 8 heteroatoms. The molecule has 1 aliphatic rings. The van der Waals surface area contributed by atoms with E-state index in [1.165, 1.54) is 23.3 Å². The lowest BCUT2D eigenvalue weighted by atomic mass is 10.1. The molecule has 0 aliphatic carbocycles. The number of nitrogens with zero attached hydrogens (tertiary/aromatic N) is 3. The van der Waals surface area contributed by atoms with Gasteiger partial charge in [0.05, 0.1) is 5.69 Å². The van der Waals surface area contributed by atoms with E-state index in [1.807, 2.05) is 41.5 Å². The van der Waals surface area contributed by atoms with Crippen molar-refractivity contribution in [2.24, 2.45) is 0 Å². The van der Waals surface area contributed by atoms with E-state index in [4.69, 9.17) is 0 Å². The molecule has 1 fully saturated rings. The van der Waals surface area contributed by atoms with Crippen molar-refractivity contribution >= 4 is 39.2 Å². The third-order valence-electron chi connectivity index (χ3n) is 6.60. The molecule has 4 aromatic rings. The number of halogens is 1. The van der Waals surface area contributed by atoms with Gasteiger partial charge in [0.2, 0.25) is 0 Å². The second kappa shape index (κ2) is 9.54. The lowest BCUT2D eigenvalue weighted by molar-refractivity contribution is 0.0583. The number of hydrogen-bond donors (Lipinski definition) is 1. The summed E-state index contributed by atoms with van der Waals surface area (Å²) in [6, 6.07) is 17.8. The van der Waals surface area contributed by atoms with E-state index in [2.05, 4.69) is 28.9 Å². The van der Waals surface area contributed by atoms with Crippen LogP contribution in [-0.4, -0.2) is 52.0 Å². The predicted octanol–water partition coefficient (Wildman–Crippen LogP) is 5.58. The minimum absolute atomic E-state index is 0.0389. The average Bonchev–Trinajstić information content (AvgIpc) is 3.44. The minimum Gasteiger partial charge on any atom is -0.334 e. The maximum absolute atomic E-state index is 14.0. The van der Waals surface area contributed by atoms with Gasteiger partial charge in [0.1, 0.15) is 16.3 Å². The number of fused-ring (bicyclic) bond motifs is 1. The summed E-state index contributed by atoms with van der Waals surface area (Å²) in [7, 11) is 0. The molecule has 2 aromatic carbocycles. The second-order valence-electron chi connectivity index (χ2n) is 8.93. The summed E-state index contributed by atoms with van der Waals surface area (Å²) in [4.78, 5) is 31.0. The van der Waals surface area contributed by atoms with Crippen LogP contribution in [0.1, 0.15) is 28.5 Å². The minimum atomic E-state index is -0.475. The van der Waals surface area contributed by atoms with Crippen LogP contribution >= 0.6 is 11.3 Å². The highest BCUT2D eigenvalue weighted by molar-refractivity contribution is 7.16. The molecule has 1 aliphatic heterocycles. The molecule has 0 saturated carbocycles. The van der Waals surface area contributed by atoms with Gasteiger partial charge in [0, 0.05) is 37.6 Å². The molecule has 3 heterocycles. The number of benzene rings is 2. The zero-order valence-electron chi connectivity index (χ0n) is 19.7. The maximum atomic E-state index is 14.0. The van der Waals surface area contributed by atoms with Crippen LogP contribution in [0.15, 0.2) is 66.0 Å². The summed E-state index contributed by atoms with van der Waals surface area (Å²) in [5, 5.41) is 5.75. The van der Waals surface area contributed by atoms with Gasteiger partial charge in [-0.25, -0.2) is 9.18 Å². The summed E-state index contributed by atoms with van der Waals surface area (Å²) in [5.74, 6) is -0.514. The fourth-order valence-electron chi connectivity index (χ4n) is 4.62. The number of thiophene rings is 1. The van der Waals surface area contributed by atoms with E-state index in [-0.39, 0.29) is 23.7 Å². The average molecular weight is 491 g/mol. The van der Waals surface area contributed by atoms with Crippen molar-refractivity contribution in [1.82, 2.24) is 14.4 Å². The van der Waals surface area contributed by atoms with Gasteiger partial charge >= 0.3 is 6.03 Å². The highest BCUT2D eigenvalue weighted by Gasteiger charge is 2.32. The molecule has 1 atom stereocenters. The molecule has 1 N–H and O–H groups in total. The molecule has 0 radical (unpaired) electrons. The van der Waals surface area contributed by atoms with E-state index in [0.717, 1.165) is 10.2 Å². The fourth-order valence-corrected chi connectivity index (χ4v) is 5.52. The molecular weight excluding hydrogens is 463 g/mol. The number of rotatable bonds is 4. The number of amides is 3. The zero-order valence-corrected chi connectivity index (χ0v) is 20.5. The van der Waals surface area contributed by atoms with Gasteiger partial charge in [-0.05, 0) is 54.6 Å². The van der Waals surface area contributed by atoms with Crippen LogP contribution in [-0.2, 0) is 6.54 Å². The largest absolute Gasteiger partial charge is 0.334 e. The van der Waals surface area contributed by atoms with Gasteiger partial charge < -0.3 is 19.7 Å². The van der Waals surface area contributed by atoms with Gasteiger partial charge in [-0.15, -0.1) is 11.3 Å². The van der Waals surface area contributed by atoms with E-state index in [9.17, 15) is 14.0 Å². The van der Waals surface area contributed by atoms with Crippen LogP contribution in [0.25, 0.3) is 10.2 Å². The van der Waals surface area contributed by atoms with Gasteiger partial charge in [-0.2, -0.15) is 0 Å². The molecule has 35 heavy (non-hydrogen) atoms. The molecule has 5 rings (SSSR count). The van der Waals surface area contributed by atoms with Gasteiger partial charge in [0.15, 0.2) is 0 Å². The topological polar surface area (TPSA) is 57.6 Å². The Morgan fingerprint density at radius 3 is 2.63 bits per heavy atom. The van der Waals surface area contributed by atoms with Crippen molar-refractivity contribution in [2.45, 2.75) is 26.4 Å². The number of carbonyl (C=O) groups is 2. The molecule has 2 aromatic heterocycles. The van der Waals surface area contributed by atoms with Crippen molar-refractivity contribution in [3.05, 3.63) is 88.7 Å². The zero-order chi connectivity index (χ0) is 24.5.